The average Bonchev–Trinajstić information content (AvgIpc) is 3.53. The molecule has 0 N–H and O–H groups in total. The van der Waals surface area contributed by atoms with E-state index in [-0.39, 0.29) is 17.9 Å². The molecular formula is C30H33Cl2N3O4. The summed E-state index contributed by atoms with van der Waals surface area (Å²) in [6, 6.07) is 13.5. The molecule has 2 aliphatic rings. The Morgan fingerprint density at radius 1 is 1.13 bits per heavy atom. The molecule has 1 saturated heterocycles. The third-order valence-electron chi connectivity index (χ3n) is 7.56. The molecular weight excluding hydrogens is 537 g/mol. The lowest BCUT2D eigenvalue weighted by atomic mass is 9.92. The van der Waals surface area contributed by atoms with Gasteiger partial charge in [-0.25, -0.2) is 4.79 Å². The fourth-order valence-corrected chi connectivity index (χ4v) is 6.00. The standard InChI is InChI=1S/C30H33Cl2N3O4/c1-2-3-13-38-30(37)35-18-22-14-23(9-10-28(22)33-35)34-12-11-21(29(34)36)15-25-26(31)16-24(17-27(25)32)39-19-20-7-5-4-6-8-20/h4-8,16-18,21,23H,2-3,9-15,19H2,1H3/t21-,23?/m0/s1. The summed E-state index contributed by atoms with van der Waals surface area (Å²) in [6.07, 6.45) is 6.58. The Bertz CT molecular complexity index is 1300. The normalized spacial score (nSPS) is 18.7. The van der Waals surface area contributed by atoms with Crippen LogP contribution in [0.1, 0.15) is 55.0 Å². The number of unbranched alkanes of at least 4 members (excludes halogenated alkanes) is 1. The number of amides is 1. The third-order valence-corrected chi connectivity index (χ3v) is 8.24. The van der Waals surface area contributed by atoms with Gasteiger partial charge in [-0.05, 0) is 67.3 Å². The first-order chi connectivity index (χ1) is 18.9. The van der Waals surface area contributed by atoms with Crippen LogP contribution in [0.15, 0.2) is 48.7 Å². The fourth-order valence-electron chi connectivity index (χ4n) is 5.38. The lowest BCUT2D eigenvalue weighted by molar-refractivity contribution is -0.133. The second kappa shape index (κ2) is 12.4. The molecule has 0 spiro atoms. The Balaban J connectivity index is 1.19. The van der Waals surface area contributed by atoms with E-state index in [0.29, 0.717) is 48.4 Å². The number of aryl methyl sites for hydroxylation is 1. The predicted octanol–water partition coefficient (Wildman–Crippen LogP) is 6.50. The summed E-state index contributed by atoms with van der Waals surface area (Å²) in [6.45, 7) is 3.56. The largest absolute Gasteiger partial charge is 0.489 e. The molecule has 0 saturated carbocycles. The summed E-state index contributed by atoms with van der Waals surface area (Å²) in [4.78, 5) is 27.7. The number of hydrogen-bond donors (Lipinski definition) is 0. The van der Waals surface area contributed by atoms with Crippen LogP contribution in [0.3, 0.4) is 0 Å². The minimum Gasteiger partial charge on any atom is -0.489 e. The summed E-state index contributed by atoms with van der Waals surface area (Å²) < 4.78 is 12.5. The molecule has 7 nitrogen and oxygen atoms in total. The second-order valence-corrected chi connectivity index (χ2v) is 11.1. The van der Waals surface area contributed by atoms with Crippen molar-refractivity contribution in [2.75, 3.05) is 13.2 Å². The Labute approximate surface area is 239 Å². The van der Waals surface area contributed by atoms with E-state index in [4.69, 9.17) is 32.7 Å². The number of carbonyl (C=O) groups is 2. The van der Waals surface area contributed by atoms with Gasteiger partial charge in [0.15, 0.2) is 0 Å². The van der Waals surface area contributed by atoms with Crippen molar-refractivity contribution in [1.29, 1.82) is 0 Å². The van der Waals surface area contributed by atoms with Crippen LogP contribution in [0.2, 0.25) is 10.0 Å². The van der Waals surface area contributed by atoms with Crippen molar-refractivity contribution in [2.45, 2.75) is 64.5 Å². The van der Waals surface area contributed by atoms with E-state index in [0.717, 1.165) is 54.5 Å². The smallest absolute Gasteiger partial charge is 0.434 e. The highest BCUT2D eigenvalue weighted by atomic mass is 35.5. The van der Waals surface area contributed by atoms with Crippen LogP contribution in [0.4, 0.5) is 4.79 Å². The van der Waals surface area contributed by atoms with Crippen molar-refractivity contribution in [2.24, 2.45) is 5.92 Å². The molecule has 1 unspecified atom stereocenters. The molecule has 1 fully saturated rings. The molecule has 3 aromatic rings. The molecule has 5 rings (SSSR count). The minimum atomic E-state index is -0.447. The van der Waals surface area contributed by atoms with Crippen LogP contribution in [-0.2, 0) is 35.4 Å². The van der Waals surface area contributed by atoms with Crippen molar-refractivity contribution < 1.29 is 19.1 Å². The Morgan fingerprint density at radius 3 is 2.64 bits per heavy atom. The van der Waals surface area contributed by atoms with Gasteiger partial charge in [0.2, 0.25) is 5.91 Å². The van der Waals surface area contributed by atoms with Crippen molar-refractivity contribution >= 4 is 35.2 Å². The maximum atomic E-state index is 13.5. The van der Waals surface area contributed by atoms with E-state index in [1.54, 1.807) is 18.3 Å². The zero-order valence-corrected chi connectivity index (χ0v) is 23.6. The van der Waals surface area contributed by atoms with E-state index >= 15 is 0 Å². The quantitative estimate of drug-likeness (QED) is 0.275. The van der Waals surface area contributed by atoms with Gasteiger partial charge in [0.25, 0.3) is 0 Å². The van der Waals surface area contributed by atoms with Gasteiger partial charge < -0.3 is 14.4 Å². The van der Waals surface area contributed by atoms with E-state index in [1.807, 2.05) is 42.2 Å². The first-order valence-electron chi connectivity index (χ1n) is 13.6. The van der Waals surface area contributed by atoms with Crippen LogP contribution in [-0.4, -0.2) is 45.9 Å². The summed E-state index contributed by atoms with van der Waals surface area (Å²) >= 11 is 13.2. The Kier molecular flexibility index (Phi) is 8.78. The number of ether oxygens (including phenoxy) is 2. The van der Waals surface area contributed by atoms with E-state index < -0.39 is 6.09 Å². The molecule has 39 heavy (non-hydrogen) atoms. The number of halogens is 2. The Morgan fingerprint density at radius 2 is 1.90 bits per heavy atom. The maximum Gasteiger partial charge on any atom is 0.434 e. The van der Waals surface area contributed by atoms with Gasteiger partial charge in [-0.2, -0.15) is 9.78 Å². The van der Waals surface area contributed by atoms with Crippen LogP contribution in [0.25, 0.3) is 0 Å². The number of benzene rings is 2. The summed E-state index contributed by atoms with van der Waals surface area (Å²) in [5, 5.41) is 5.46. The highest BCUT2D eigenvalue weighted by molar-refractivity contribution is 6.36. The van der Waals surface area contributed by atoms with E-state index in [1.165, 1.54) is 4.68 Å². The number of aromatic nitrogens is 2. The predicted molar refractivity (Wildman–Crippen MR) is 150 cm³/mol. The van der Waals surface area contributed by atoms with Crippen molar-refractivity contribution in [3.05, 3.63) is 81.1 Å². The summed E-state index contributed by atoms with van der Waals surface area (Å²) in [5.74, 6) is 0.560. The first-order valence-corrected chi connectivity index (χ1v) is 14.4. The highest BCUT2D eigenvalue weighted by Crippen LogP contribution is 2.36. The van der Waals surface area contributed by atoms with Gasteiger partial charge >= 0.3 is 6.09 Å². The Hall–Kier alpha value is -3.03. The molecule has 206 valence electrons. The van der Waals surface area contributed by atoms with Gasteiger partial charge in [-0.15, -0.1) is 0 Å². The molecule has 1 aliphatic heterocycles. The second-order valence-electron chi connectivity index (χ2n) is 10.3. The number of fused-ring (bicyclic) bond motifs is 1. The third kappa shape index (κ3) is 6.42. The van der Waals surface area contributed by atoms with Crippen molar-refractivity contribution in [1.82, 2.24) is 14.7 Å². The van der Waals surface area contributed by atoms with Gasteiger partial charge in [0.1, 0.15) is 12.4 Å². The molecule has 1 aliphatic carbocycles. The number of likely N-dealkylation sites (tertiary alicyclic amines) is 1. The van der Waals surface area contributed by atoms with Crippen LogP contribution in [0, 0.1) is 5.92 Å². The maximum absolute atomic E-state index is 13.5. The average molecular weight is 571 g/mol. The molecule has 9 heteroatoms. The van der Waals surface area contributed by atoms with Gasteiger partial charge in [-0.1, -0.05) is 66.9 Å². The van der Waals surface area contributed by atoms with Gasteiger partial charge in [0.05, 0.1) is 12.3 Å². The number of carbonyl (C=O) groups excluding carboxylic acids is 2. The number of hydrogen-bond acceptors (Lipinski definition) is 5. The molecule has 0 bridgehead atoms. The molecule has 2 heterocycles. The van der Waals surface area contributed by atoms with Crippen molar-refractivity contribution in [3.8, 4) is 5.75 Å². The lowest BCUT2D eigenvalue weighted by Crippen LogP contribution is -2.41. The molecule has 2 atom stereocenters. The summed E-state index contributed by atoms with van der Waals surface area (Å²) in [7, 11) is 0. The van der Waals surface area contributed by atoms with Gasteiger partial charge in [-0.3, -0.25) is 4.79 Å². The molecule has 1 aromatic heterocycles. The SMILES string of the molecule is CCCCOC(=O)n1cc2c(n1)CCC(N1CC[C@@H](Cc3c(Cl)cc(OCc4ccccc4)cc3Cl)C1=O)C2. The van der Waals surface area contributed by atoms with Crippen molar-refractivity contribution in [3.63, 3.8) is 0 Å². The molecule has 1 amide bonds. The minimum absolute atomic E-state index is 0.0865. The van der Waals surface area contributed by atoms with Crippen LogP contribution < -0.4 is 4.74 Å². The molecule has 2 aromatic carbocycles. The number of rotatable bonds is 9. The lowest BCUT2D eigenvalue weighted by Gasteiger charge is -2.31. The van der Waals surface area contributed by atoms with E-state index in [2.05, 4.69) is 5.10 Å². The fraction of sp³-hybridized carbons (Fsp3) is 0.433. The highest BCUT2D eigenvalue weighted by Gasteiger charge is 2.38. The van der Waals surface area contributed by atoms with Crippen LogP contribution in [0.5, 0.6) is 5.75 Å². The van der Waals surface area contributed by atoms with Crippen LogP contribution >= 0.6 is 23.2 Å². The monoisotopic (exact) mass is 569 g/mol. The zero-order chi connectivity index (χ0) is 27.4. The van der Waals surface area contributed by atoms with Gasteiger partial charge in [0, 0.05) is 34.7 Å². The van der Waals surface area contributed by atoms with E-state index in [9.17, 15) is 9.59 Å². The molecule has 0 radical (unpaired) electrons. The summed E-state index contributed by atoms with van der Waals surface area (Å²) in [5.41, 5.74) is 3.75. The topological polar surface area (TPSA) is 73.7 Å². The first kappa shape index (κ1) is 27.5. The zero-order valence-electron chi connectivity index (χ0n) is 22.1. The number of nitrogens with zero attached hydrogens (tertiary/aromatic N) is 3.